The van der Waals surface area contributed by atoms with Crippen LogP contribution in [0.15, 0.2) is 24.4 Å². The molecule has 0 spiro atoms. The van der Waals surface area contributed by atoms with Gasteiger partial charge >= 0.3 is 0 Å². The minimum atomic E-state index is 0.654. The van der Waals surface area contributed by atoms with Gasteiger partial charge in [0.25, 0.3) is 0 Å². The molecule has 0 radical (unpaired) electrons. The molecule has 1 aromatic heterocycles. The van der Waals surface area contributed by atoms with Crippen molar-refractivity contribution in [3.8, 4) is 11.8 Å². The lowest BCUT2D eigenvalue weighted by Crippen LogP contribution is -2.23. The number of pyridine rings is 1. The SMILES string of the molecule is CN1CCCC1CC#Cc1ccccn1. The summed E-state index contributed by atoms with van der Waals surface area (Å²) in [6.07, 6.45) is 5.35. The molecule has 2 heteroatoms. The third kappa shape index (κ3) is 2.81. The Balaban J connectivity index is 1.90. The largest absolute Gasteiger partial charge is 0.302 e. The molecule has 2 nitrogen and oxygen atoms in total. The van der Waals surface area contributed by atoms with Gasteiger partial charge in [-0.05, 0) is 44.5 Å². The fourth-order valence-corrected chi connectivity index (χ4v) is 1.93. The lowest BCUT2D eigenvalue weighted by Gasteiger charge is -2.15. The summed E-state index contributed by atoms with van der Waals surface area (Å²) in [5, 5.41) is 0. The molecule has 0 bridgehead atoms. The number of aromatic nitrogens is 1. The van der Waals surface area contributed by atoms with Gasteiger partial charge in [0.05, 0.1) is 0 Å². The standard InChI is InChI=1S/C13H16N2/c1-15-11-5-9-13(15)8-4-7-12-6-2-3-10-14-12/h2-3,6,10,13H,5,8-9,11H2,1H3. The monoisotopic (exact) mass is 200 g/mol. The van der Waals surface area contributed by atoms with Gasteiger partial charge in [0.1, 0.15) is 5.69 Å². The van der Waals surface area contributed by atoms with E-state index in [1.54, 1.807) is 6.20 Å². The molecule has 0 aliphatic carbocycles. The second kappa shape index (κ2) is 4.95. The van der Waals surface area contributed by atoms with E-state index >= 15 is 0 Å². The number of rotatable bonds is 1. The molecular weight excluding hydrogens is 184 g/mol. The molecule has 2 heterocycles. The van der Waals surface area contributed by atoms with E-state index < -0.39 is 0 Å². The fraction of sp³-hybridized carbons (Fsp3) is 0.462. The molecule has 1 aromatic rings. The number of nitrogens with zero attached hydrogens (tertiary/aromatic N) is 2. The van der Waals surface area contributed by atoms with Gasteiger partial charge < -0.3 is 4.90 Å². The topological polar surface area (TPSA) is 16.1 Å². The molecule has 1 fully saturated rings. The lowest BCUT2D eigenvalue weighted by atomic mass is 10.1. The highest BCUT2D eigenvalue weighted by Crippen LogP contribution is 2.16. The summed E-state index contributed by atoms with van der Waals surface area (Å²) in [4.78, 5) is 6.57. The molecule has 1 aliphatic heterocycles. The first-order chi connectivity index (χ1) is 7.36. The predicted molar refractivity (Wildman–Crippen MR) is 61.4 cm³/mol. The summed E-state index contributed by atoms with van der Waals surface area (Å²) in [6, 6.07) is 6.49. The van der Waals surface area contributed by atoms with E-state index in [-0.39, 0.29) is 0 Å². The second-order valence-corrected chi connectivity index (χ2v) is 4.00. The Hall–Kier alpha value is -1.33. The van der Waals surface area contributed by atoms with Crippen molar-refractivity contribution in [2.75, 3.05) is 13.6 Å². The van der Waals surface area contributed by atoms with Crippen LogP contribution < -0.4 is 0 Å². The zero-order valence-electron chi connectivity index (χ0n) is 9.11. The highest BCUT2D eigenvalue weighted by Gasteiger charge is 2.18. The number of likely N-dealkylation sites (tertiary alicyclic amines) is 1. The highest BCUT2D eigenvalue weighted by atomic mass is 15.1. The molecule has 0 amide bonds. The third-order valence-corrected chi connectivity index (χ3v) is 2.89. The van der Waals surface area contributed by atoms with Crippen molar-refractivity contribution in [2.24, 2.45) is 0 Å². The number of hydrogen-bond acceptors (Lipinski definition) is 2. The zero-order valence-corrected chi connectivity index (χ0v) is 9.11. The molecule has 1 saturated heterocycles. The van der Waals surface area contributed by atoms with E-state index in [1.165, 1.54) is 19.4 Å². The highest BCUT2D eigenvalue weighted by molar-refractivity contribution is 5.26. The molecular formula is C13H16N2. The lowest BCUT2D eigenvalue weighted by molar-refractivity contribution is 0.315. The fourth-order valence-electron chi connectivity index (χ4n) is 1.93. The Morgan fingerprint density at radius 3 is 3.13 bits per heavy atom. The van der Waals surface area contributed by atoms with Crippen LogP contribution >= 0.6 is 0 Å². The van der Waals surface area contributed by atoms with Crippen LogP contribution in [0.1, 0.15) is 25.0 Å². The molecule has 1 aliphatic rings. The maximum absolute atomic E-state index is 4.17. The van der Waals surface area contributed by atoms with E-state index in [0.29, 0.717) is 6.04 Å². The van der Waals surface area contributed by atoms with Crippen molar-refractivity contribution in [2.45, 2.75) is 25.3 Å². The van der Waals surface area contributed by atoms with Gasteiger partial charge in [0.2, 0.25) is 0 Å². The molecule has 1 atom stereocenters. The third-order valence-electron chi connectivity index (χ3n) is 2.89. The predicted octanol–water partition coefficient (Wildman–Crippen LogP) is 1.92. The summed E-state index contributed by atoms with van der Waals surface area (Å²) >= 11 is 0. The van der Waals surface area contributed by atoms with Crippen molar-refractivity contribution in [3.05, 3.63) is 30.1 Å². The molecule has 78 valence electrons. The molecule has 0 N–H and O–H groups in total. The summed E-state index contributed by atoms with van der Waals surface area (Å²) in [6.45, 7) is 1.22. The second-order valence-electron chi connectivity index (χ2n) is 4.00. The van der Waals surface area contributed by atoms with Gasteiger partial charge in [0, 0.05) is 18.7 Å². The van der Waals surface area contributed by atoms with Gasteiger partial charge in [-0.2, -0.15) is 0 Å². The number of hydrogen-bond donors (Lipinski definition) is 0. The van der Waals surface area contributed by atoms with Crippen molar-refractivity contribution < 1.29 is 0 Å². The Labute approximate surface area is 91.3 Å². The molecule has 0 saturated carbocycles. The van der Waals surface area contributed by atoms with Gasteiger partial charge in [-0.3, -0.25) is 0 Å². The van der Waals surface area contributed by atoms with Crippen LogP contribution in [-0.4, -0.2) is 29.5 Å². The van der Waals surface area contributed by atoms with Crippen LogP contribution in [0, 0.1) is 11.8 Å². The van der Waals surface area contributed by atoms with Gasteiger partial charge in [0.15, 0.2) is 0 Å². The van der Waals surface area contributed by atoms with Crippen molar-refractivity contribution in [1.82, 2.24) is 9.88 Å². The maximum atomic E-state index is 4.17. The van der Waals surface area contributed by atoms with Crippen LogP contribution in [0.4, 0.5) is 0 Å². The first kappa shape index (κ1) is 10.2. The first-order valence-corrected chi connectivity index (χ1v) is 5.46. The van der Waals surface area contributed by atoms with E-state index in [9.17, 15) is 0 Å². The quantitative estimate of drug-likeness (QED) is 0.644. The van der Waals surface area contributed by atoms with Crippen LogP contribution in [0.3, 0.4) is 0 Å². The van der Waals surface area contributed by atoms with E-state index in [4.69, 9.17) is 0 Å². The van der Waals surface area contributed by atoms with Crippen LogP contribution in [-0.2, 0) is 0 Å². The van der Waals surface area contributed by atoms with Crippen molar-refractivity contribution in [1.29, 1.82) is 0 Å². The van der Waals surface area contributed by atoms with E-state index in [2.05, 4.69) is 28.8 Å². The minimum absolute atomic E-state index is 0.654. The Morgan fingerprint density at radius 1 is 1.53 bits per heavy atom. The Bertz CT molecular complexity index is 361. The Kier molecular flexibility index (Phi) is 3.37. The molecule has 1 unspecified atom stereocenters. The van der Waals surface area contributed by atoms with Crippen LogP contribution in [0.5, 0.6) is 0 Å². The smallest absolute Gasteiger partial charge is 0.113 e. The average Bonchev–Trinajstić information content (AvgIpc) is 2.66. The average molecular weight is 200 g/mol. The maximum Gasteiger partial charge on any atom is 0.113 e. The summed E-state index contributed by atoms with van der Waals surface area (Å²) in [5.74, 6) is 6.32. The summed E-state index contributed by atoms with van der Waals surface area (Å²) in [5.41, 5.74) is 0.873. The van der Waals surface area contributed by atoms with Crippen LogP contribution in [0.25, 0.3) is 0 Å². The summed E-state index contributed by atoms with van der Waals surface area (Å²) < 4.78 is 0. The first-order valence-electron chi connectivity index (χ1n) is 5.46. The molecule has 2 rings (SSSR count). The van der Waals surface area contributed by atoms with Crippen molar-refractivity contribution in [3.63, 3.8) is 0 Å². The minimum Gasteiger partial charge on any atom is -0.302 e. The zero-order chi connectivity index (χ0) is 10.5. The normalized spacial score (nSPS) is 21.0. The van der Waals surface area contributed by atoms with Gasteiger partial charge in [-0.1, -0.05) is 12.0 Å². The Morgan fingerprint density at radius 2 is 2.47 bits per heavy atom. The van der Waals surface area contributed by atoms with Gasteiger partial charge in [-0.15, -0.1) is 0 Å². The summed E-state index contributed by atoms with van der Waals surface area (Å²) in [7, 11) is 2.18. The molecule has 0 aromatic carbocycles. The van der Waals surface area contributed by atoms with Crippen molar-refractivity contribution >= 4 is 0 Å². The van der Waals surface area contributed by atoms with E-state index in [0.717, 1.165) is 12.1 Å². The molecule has 15 heavy (non-hydrogen) atoms. The van der Waals surface area contributed by atoms with Crippen LogP contribution in [0.2, 0.25) is 0 Å². The van der Waals surface area contributed by atoms with E-state index in [1.807, 2.05) is 18.2 Å². The van der Waals surface area contributed by atoms with Gasteiger partial charge in [-0.25, -0.2) is 4.98 Å².